The molecular formula is C19H12BrFN2O5S. The van der Waals surface area contributed by atoms with Crippen LogP contribution in [0.3, 0.4) is 0 Å². The molecule has 0 bridgehead atoms. The molecule has 10 heteroatoms. The minimum atomic E-state index is -1.12. The van der Waals surface area contributed by atoms with Crippen molar-refractivity contribution in [3.63, 3.8) is 0 Å². The molecule has 29 heavy (non-hydrogen) atoms. The average Bonchev–Trinajstić information content (AvgIpc) is 2.65. The van der Waals surface area contributed by atoms with E-state index in [1.807, 2.05) is 0 Å². The van der Waals surface area contributed by atoms with Crippen LogP contribution in [0.4, 0.5) is 10.1 Å². The molecule has 0 unspecified atom stereocenters. The number of thiocarbonyl (C=S) groups is 1. The predicted octanol–water partition coefficient (Wildman–Crippen LogP) is 2.88. The van der Waals surface area contributed by atoms with Gasteiger partial charge in [0.2, 0.25) is 0 Å². The Labute approximate surface area is 177 Å². The standard InChI is InChI=1S/C19H12BrFN2O5S/c20-14-8-10(1-6-15(14)28-9-16(24)25)7-13-17(26)22-19(29)23(18(13)27)12-4-2-11(21)3-5-12/h1-8H,9H2,(H,24,25)(H,22,26,29)/b13-7+. The maximum Gasteiger partial charge on any atom is 0.341 e. The molecule has 0 aromatic heterocycles. The van der Waals surface area contributed by atoms with Crippen molar-refractivity contribution in [2.24, 2.45) is 0 Å². The SMILES string of the molecule is O=C(O)COc1ccc(/C=C2\C(=O)NC(=S)N(c3ccc(F)cc3)C2=O)cc1Br. The van der Waals surface area contributed by atoms with Crippen molar-refractivity contribution in [1.29, 1.82) is 0 Å². The van der Waals surface area contributed by atoms with Crippen LogP contribution < -0.4 is 15.0 Å². The van der Waals surface area contributed by atoms with Gasteiger partial charge in [-0.05, 0) is 76.2 Å². The van der Waals surface area contributed by atoms with Crippen LogP contribution in [-0.2, 0) is 14.4 Å². The number of carboxylic acids is 1. The minimum Gasteiger partial charge on any atom is -0.481 e. The molecule has 1 aliphatic rings. The molecule has 3 rings (SSSR count). The lowest BCUT2D eigenvalue weighted by Gasteiger charge is -2.28. The van der Waals surface area contributed by atoms with Crippen LogP contribution in [-0.4, -0.2) is 34.6 Å². The maximum atomic E-state index is 13.2. The first kappa shape index (κ1) is 20.6. The van der Waals surface area contributed by atoms with Gasteiger partial charge in [-0.2, -0.15) is 0 Å². The molecular weight excluding hydrogens is 467 g/mol. The maximum absolute atomic E-state index is 13.2. The molecule has 2 aromatic rings. The normalized spacial score (nSPS) is 15.4. The molecule has 1 fully saturated rings. The van der Waals surface area contributed by atoms with Gasteiger partial charge in [-0.15, -0.1) is 0 Å². The van der Waals surface area contributed by atoms with Crippen LogP contribution in [0.25, 0.3) is 6.08 Å². The molecule has 2 aromatic carbocycles. The van der Waals surface area contributed by atoms with Crippen LogP contribution in [0.15, 0.2) is 52.5 Å². The molecule has 0 saturated carbocycles. The highest BCUT2D eigenvalue weighted by molar-refractivity contribution is 9.10. The zero-order valence-electron chi connectivity index (χ0n) is 14.5. The van der Waals surface area contributed by atoms with Crippen molar-refractivity contribution in [2.45, 2.75) is 0 Å². The van der Waals surface area contributed by atoms with E-state index >= 15 is 0 Å². The Morgan fingerprint density at radius 1 is 1.24 bits per heavy atom. The number of benzene rings is 2. The fourth-order valence-electron chi connectivity index (χ4n) is 2.51. The largest absolute Gasteiger partial charge is 0.481 e. The Morgan fingerprint density at radius 2 is 1.93 bits per heavy atom. The Bertz CT molecular complexity index is 1060. The number of hydrogen-bond acceptors (Lipinski definition) is 5. The van der Waals surface area contributed by atoms with Gasteiger partial charge in [0.15, 0.2) is 11.7 Å². The smallest absolute Gasteiger partial charge is 0.341 e. The second-order valence-corrected chi connectivity index (χ2v) is 7.05. The van der Waals surface area contributed by atoms with E-state index in [9.17, 15) is 18.8 Å². The van der Waals surface area contributed by atoms with Crippen LogP contribution in [0.1, 0.15) is 5.56 Å². The fourth-order valence-corrected chi connectivity index (χ4v) is 3.30. The predicted molar refractivity (Wildman–Crippen MR) is 110 cm³/mol. The fraction of sp³-hybridized carbons (Fsp3) is 0.0526. The lowest BCUT2D eigenvalue weighted by Crippen LogP contribution is -2.54. The van der Waals surface area contributed by atoms with E-state index < -0.39 is 30.2 Å². The molecule has 1 saturated heterocycles. The molecule has 0 atom stereocenters. The van der Waals surface area contributed by atoms with Crippen molar-refractivity contribution in [3.05, 3.63) is 63.9 Å². The first-order valence-corrected chi connectivity index (χ1v) is 9.27. The molecule has 2 N–H and O–H groups in total. The van der Waals surface area contributed by atoms with E-state index in [1.54, 1.807) is 12.1 Å². The molecule has 1 aliphatic heterocycles. The van der Waals surface area contributed by atoms with Gasteiger partial charge in [0.25, 0.3) is 11.8 Å². The number of halogens is 2. The third-order valence-electron chi connectivity index (χ3n) is 3.80. The van der Waals surface area contributed by atoms with Crippen LogP contribution in [0.2, 0.25) is 0 Å². The van der Waals surface area contributed by atoms with Crippen LogP contribution in [0, 0.1) is 5.82 Å². The molecule has 7 nitrogen and oxygen atoms in total. The summed E-state index contributed by atoms with van der Waals surface area (Å²) in [4.78, 5) is 36.9. The van der Waals surface area contributed by atoms with Gasteiger partial charge < -0.3 is 9.84 Å². The zero-order valence-corrected chi connectivity index (χ0v) is 16.9. The summed E-state index contributed by atoms with van der Waals surface area (Å²) < 4.78 is 18.7. The van der Waals surface area contributed by atoms with Gasteiger partial charge in [0.05, 0.1) is 10.2 Å². The first-order valence-electron chi connectivity index (χ1n) is 8.07. The average molecular weight is 479 g/mol. The van der Waals surface area contributed by atoms with E-state index in [4.69, 9.17) is 22.1 Å². The first-order chi connectivity index (χ1) is 13.8. The summed E-state index contributed by atoms with van der Waals surface area (Å²) in [7, 11) is 0. The minimum absolute atomic E-state index is 0.109. The zero-order chi connectivity index (χ0) is 21.1. The summed E-state index contributed by atoms with van der Waals surface area (Å²) in [6, 6.07) is 9.74. The van der Waals surface area contributed by atoms with Gasteiger partial charge in [-0.25, -0.2) is 9.18 Å². The number of aliphatic carboxylic acids is 1. The molecule has 0 aliphatic carbocycles. The Hall–Kier alpha value is -3.11. The summed E-state index contributed by atoms with van der Waals surface area (Å²) >= 11 is 8.34. The third kappa shape index (κ3) is 4.66. The molecule has 148 valence electrons. The topological polar surface area (TPSA) is 95.9 Å². The van der Waals surface area contributed by atoms with Gasteiger partial charge in [-0.3, -0.25) is 19.8 Å². The molecule has 1 heterocycles. The summed E-state index contributed by atoms with van der Waals surface area (Å²) in [5, 5.41) is 11.0. The lowest BCUT2D eigenvalue weighted by molar-refractivity contribution is -0.139. The van der Waals surface area contributed by atoms with E-state index in [1.165, 1.54) is 36.4 Å². The number of nitrogens with zero attached hydrogens (tertiary/aromatic N) is 1. The summed E-state index contributed by atoms with van der Waals surface area (Å²) in [5.41, 5.74) is 0.629. The van der Waals surface area contributed by atoms with Gasteiger partial charge in [-0.1, -0.05) is 6.07 Å². The van der Waals surface area contributed by atoms with E-state index in [0.717, 1.165) is 4.90 Å². The van der Waals surface area contributed by atoms with Gasteiger partial charge in [0, 0.05) is 0 Å². The van der Waals surface area contributed by atoms with E-state index in [0.29, 0.717) is 21.5 Å². The van der Waals surface area contributed by atoms with E-state index in [-0.39, 0.29) is 10.7 Å². The number of anilines is 1. The van der Waals surface area contributed by atoms with Crippen LogP contribution >= 0.6 is 28.1 Å². The lowest BCUT2D eigenvalue weighted by atomic mass is 10.1. The number of ether oxygens (including phenoxy) is 1. The number of nitrogens with one attached hydrogen (secondary N) is 1. The molecule has 2 amide bonds. The number of rotatable bonds is 5. The monoisotopic (exact) mass is 478 g/mol. The van der Waals surface area contributed by atoms with Crippen LogP contribution in [0.5, 0.6) is 5.75 Å². The summed E-state index contributed by atoms with van der Waals surface area (Å²) in [6.45, 7) is -0.510. The second-order valence-electron chi connectivity index (χ2n) is 5.81. The number of carboxylic acid groups (broad SMARTS) is 1. The summed E-state index contributed by atoms with van der Waals surface area (Å²) in [5.74, 6) is -2.63. The molecule has 0 radical (unpaired) electrons. The highest BCUT2D eigenvalue weighted by Gasteiger charge is 2.34. The van der Waals surface area contributed by atoms with Gasteiger partial charge in [0.1, 0.15) is 17.1 Å². The Morgan fingerprint density at radius 3 is 2.55 bits per heavy atom. The summed E-state index contributed by atoms with van der Waals surface area (Å²) in [6.07, 6.45) is 1.36. The third-order valence-corrected chi connectivity index (χ3v) is 4.71. The van der Waals surface area contributed by atoms with E-state index in [2.05, 4.69) is 21.2 Å². The number of hydrogen-bond donors (Lipinski definition) is 2. The number of carbonyl (C=O) groups is 3. The Kier molecular flexibility index (Phi) is 6.04. The number of carbonyl (C=O) groups excluding carboxylic acids is 2. The second kappa shape index (κ2) is 8.50. The van der Waals surface area contributed by atoms with Crippen molar-refractivity contribution in [1.82, 2.24) is 5.32 Å². The molecule has 0 spiro atoms. The quantitative estimate of drug-likeness (QED) is 0.389. The van der Waals surface area contributed by atoms with Crippen molar-refractivity contribution in [2.75, 3.05) is 11.5 Å². The van der Waals surface area contributed by atoms with Gasteiger partial charge >= 0.3 is 5.97 Å². The van der Waals surface area contributed by atoms with Crippen molar-refractivity contribution < 1.29 is 28.6 Å². The Balaban J connectivity index is 1.91. The van der Waals surface area contributed by atoms with Crippen molar-refractivity contribution >= 4 is 62.8 Å². The van der Waals surface area contributed by atoms with Crippen molar-refractivity contribution in [3.8, 4) is 5.75 Å². The highest BCUT2D eigenvalue weighted by atomic mass is 79.9. The number of amides is 2. The highest BCUT2D eigenvalue weighted by Crippen LogP contribution is 2.28.